The highest BCUT2D eigenvalue weighted by Crippen LogP contribution is 2.46. The number of benzene rings is 2. The third-order valence-corrected chi connectivity index (χ3v) is 6.55. The third-order valence-electron chi connectivity index (χ3n) is 6.55. The monoisotopic (exact) mass is 420 g/mol. The standard InChI is InChI=1S/C31H48/c1-14-23(21-15-17-22(18-16-21)28(2,3)4)26-24(29(5,6)7)19-20-25(30(8,9)10)27(26)31(11,12)13/h15-20,23H,14H2,1-13H3. The molecule has 2 aromatic rings. The topological polar surface area (TPSA) is 0 Å². The molecule has 0 saturated heterocycles. The molecule has 172 valence electrons. The lowest BCUT2D eigenvalue weighted by molar-refractivity contribution is 0.507. The third kappa shape index (κ3) is 5.63. The van der Waals surface area contributed by atoms with Gasteiger partial charge in [-0.3, -0.25) is 0 Å². The van der Waals surface area contributed by atoms with E-state index in [1.807, 2.05) is 0 Å². The van der Waals surface area contributed by atoms with E-state index in [0.29, 0.717) is 5.92 Å². The Morgan fingerprint density at radius 2 is 1.00 bits per heavy atom. The molecule has 0 nitrogen and oxygen atoms in total. The van der Waals surface area contributed by atoms with Crippen molar-refractivity contribution in [3.63, 3.8) is 0 Å². The maximum absolute atomic E-state index is 2.43. The summed E-state index contributed by atoms with van der Waals surface area (Å²) < 4.78 is 0. The second-order valence-electron chi connectivity index (χ2n) is 13.5. The van der Waals surface area contributed by atoms with Crippen molar-refractivity contribution < 1.29 is 0 Å². The molecule has 0 aromatic heterocycles. The average Bonchev–Trinajstić information content (AvgIpc) is 2.59. The van der Waals surface area contributed by atoms with Crippen molar-refractivity contribution in [3.8, 4) is 0 Å². The van der Waals surface area contributed by atoms with Crippen molar-refractivity contribution in [2.75, 3.05) is 0 Å². The molecule has 0 N–H and O–H groups in total. The molecule has 0 spiro atoms. The summed E-state index contributed by atoms with van der Waals surface area (Å²) in [4.78, 5) is 0. The summed E-state index contributed by atoms with van der Waals surface area (Å²) in [6.07, 6.45) is 1.11. The van der Waals surface area contributed by atoms with Gasteiger partial charge in [0.2, 0.25) is 0 Å². The molecule has 0 saturated carbocycles. The Morgan fingerprint density at radius 3 is 1.35 bits per heavy atom. The van der Waals surface area contributed by atoms with Crippen molar-refractivity contribution in [1.82, 2.24) is 0 Å². The molecular weight excluding hydrogens is 372 g/mol. The zero-order chi connectivity index (χ0) is 24.0. The SMILES string of the molecule is CCC(c1ccc(C(C)(C)C)cc1)c1c(C(C)(C)C)ccc(C(C)(C)C)c1C(C)(C)C. The minimum Gasteiger partial charge on any atom is -0.0645 e. The van der Waals surface area contributed by atoms with E-state index in [1.165, 1.54) is 22.3 Å². The van der Waals surface area contributed by atoms with E-state index in [4.69, 9.17) is 0 Å². The van der Waals surface area contributed by atoms with Crippen LogP contribution in [0.25, 0.3) is 0 Å². The number of hydrogen-bond donors (Lipinski definition) is 0. The van der Waals surface area contributed by atoms with Gasteiger partial charge in [-0.2, -0.15) is 0 Å². The second-order valence-corrected chi connectivity index (χ2v) is 13.5. The minimum absolute atomic E-state index is 0.0813. The minimum atomic E-state index is 0.0813. The van der Waals surface area contributed by atoms with Gasteiger partial charge in [0.05, 0.1) is 0 Å². The molecule has 0 aliphatic heterocycles. The van der Waals surface area contributed by atoms with Crippen molar-refractivity contribution in [1.29, 1.82) is 0 Å². The largest absolute Gasteiger partial charge is 0.0645 e. The fraction of sp³-hybridized carbons (Fsp3) is 0.613. The zero-order valence-corrected chi connectivity index (χ0v) is 22.7. The summed E-state index contributed by atoms with van der Waals surface area (Å²) in [6.45, 7) is 30.6. The smallest absolute Gasteiger partial charge is 0.00927 e. The summed E-state index contributed by atoms with van der Waals surface area (Å²) in [6, 6.07) is 14.3. The van der Waals surface area contributed by atoms with Crippen LogP contribution in [-0.4, -0.2) is 0 Å². The fourth-order valence-corrected chi connectivity index (χ4v) is 4.89. The van der Waals surface area contributed by atoms with Gasteiger partial charge in [0.1, 0.15) is 0 Å². The predicted octanol–water partition coefficient (Wildman–Crippen LogP) is 9.42. The quantitative estimate of drug-likeness (QED) is 0.464. The van der Waals surface area contributed by atoms with E-state index >= 15 is 0 Å². The predicted molar refractivity (Wildman–Crippen MR) is 140 cm³/mol. The average molecular weight is 421 g/mol. The maximum atomic E-state index is 2.43. The van der Waals surface area contributed by atoms with Crippen LogP contribution in [0.4, 0.5) is 0 Å². The van der Waals surface area contributed by atoms with Gasteiger partial charge in [0.25, 0.3) is 0 Å². The normalized spacial score (nSPS) is 14.6. The zero-order valence-electron chi connectivity index (χ0n) is 22.7. The highest BCUT2D eigenvalue weighted by Gasteiger charge is 2.34. The Balaban J connectivity index is 2.90. The highest BCUT2D eigenvalue weighted by molar-refractivity contribution is 5.54. The maximum Gasteiger partial charge on any atom is 0.00927 e. The van der Waals surface area contributed by atoms with Gasteiger partial charge in [-0.05, 0) is 61.5 Å². The van der Waals surface area contributed by atoms with Crippen LogP contribution in [0.5, 0.6) is 0 Å². The van der Waals surface area contributed by atoms with E-state index in [0.717, 1.165) is 6.42 Å². The lowest BCUT2D eigenvalue weighted by Crippen LogP contribution is -2.28. The molecular formula is C31H48. The van der Waals surface area contributed by atoms with E-state index in [-0.39, 0.29) is 21.7 Å². The molecule has 2 aromatic carbocycles. The number of hydrogen-bond acceptors (Lipinski definition) is 0. The molecule has 1 unspecified atom stereocenters. The van der Waals surface area contributed by atoms with E-state index in [1.54, 1.807) is 11.1 Å². The molecule has 2 rings (SSSR count). The summed E-state index contributed by atoms with van der Waals surface area (Å²) in [5.41, 5.74) is 9.44. The van der Waals surface area contributed by atoms with Crippen LogP contribution >= 0.6 is 0 Å². The first kappa shape index (κ1) is 25.7. The molecule has 0 bridgehead atoms. The van der Waals surface area contributed by atoms with E-state index in [9.17, 15) is 0 Å². The lowest BCUT2D eigenvalue weighted by Gasteiger charge is -2.38. The Morgan fingerprint density at radius 1 is 0.548 bits per heavy atom. The van der Waals surface area contributed by atoms with Crippen LogP contribution in [-0.2, 0) is 21.7 Å². The van der Waals surface area contributed by atoms with Gasteiger partial charge in [-0.1, -0.05) is 126 Å². The molecule has 1 atom stereocenters. The first-order valence-electron chi connectivity index (χ1n) is 12.2. The van der Waals surface area contributed by atoms with Gasteiger partial charge in [-0.25, -0.2) is 0 Å². The first-order valence-corrected chi connectivity index (χ1v) is 12.2. The second kappa shape index (κ2) is 8.42. The first-order chi connectivity index (χ1) is 13.9. The van der Waals surface area contributed by atoms with Crippen molar-refractivity contribution in [3.05, 3.63) is 69.8 Å². The molecule has 0 radical (unpaired) electrons. The van der Waals surface area contributed by atoms with Gasteiger partial charge >= 0.3 is 0 Å². The van der Waals surface area contributed by atoms with Crippen LogP contribution < -0.4 is 0 Å². The Bertz CT molecular complexity index is 882. The van der Waals surface area contributed by atoms with Crippen molar-refractivity contribution in [2.45, 2.75) is 124 Å². The van der Waals surface area contributed by atoms with Gasteiger partial charge in [-0.15, -0.1) is 0 Å². The van der Waals surface area contributed by atoms with Gasteiger partial charge in [0.15, 0.2) is 0 Å². The van der Waals surface area contributed by atoms with Crippen molar-refractivity contribution in [2.24, 2.45) is 0 Å². The highest BCUT2D eigenvalue weighted by atomic mass is 14.4. The molecule has 31 heavy (non-hydrogen) atoms. The van der Waals surface area contributed by atoms with E-state index in [2.05, 4.69) is 126 Å². The molecule has 0 fully saturated rings. The summed E-state index contributed by atoms with van der Waals surface area (Å²) in [7, 11) is 0. The van der Waals surface area contributed by atoms with Crippen LogP contribution in [0.15, 0.2) is 36.4 Å². The molecule has 0 aliphatic carbocycles. The molecule has 0 aliphatic rings. The Hall–Kier alpha value is -1.56. The van der Waals surface area contributed by atoms with Crippen LogP contribution in [0.2, 0.25) is 0 Å². The summed E-state index contributed by atoms with van der Waals surface area (Å²) in [5, 5.41) is 0. The summed E-state index contributed by atoms with van der Waals surface area (Å²) in [5.74, 6) is 0.403. The van der Waals surface area contributed by atoms with Crippen LogP contribution in [0, 0.1) is 0 Å². The lowest BCUT2D eigenvalue weighted by atomic mass is 9.66. The van der Waals surface area contributed by atoms with E-state index < -0.39 is 0 Å². The van der Waals surface area contributed by atoms with Gasteiger partial charge < -0.3 is 0 Å². The Labute approximate surface area is 193 Å². The fourth-order valence-electron chi connectivity index (χ4n) is 4.89. The Kier molecular flexibility index (Phi) is 6.98. The van der Waals surface area contributed by atoms with Crippen LogP contribution in [0.3, 0.4) is 0 Å². The molecule has 0 heterocycles. The van der Waals surface area contributed by atoms with Crippen LogP contribution in [0.1, 0.15) is 136 Å². The summed E-state index contributed by atoms with van der Waals surface area (Å²) >= 11 is 0. The molecule has 0 heteroatoms. The molecule has 0 amide bonds. The van der Waals surface area contributed by atoms with Gasteiger partial charge in [0, 0.05) is 5.92 Å². The number of rotatable bonds is 3. The van der Waals surface area contributed by atoms with Crippen molar-refractivity contribution >= 4 is 0 Å².